The van der Waals surface area contributed by atoms with E-state index in [1.807, 2.05) is 18.2 Å². The van der Waals surface area contributed by atoms with Crippen LogP contribution in [0.3, 0.4) is 0 Å². The van der Waals surface area contributed by atoms with Crippen molar-refractivity contribution in [1.82, 2.24) is 10.2 Å². The van der Waals surface area contributed by atoms with Crippen molar-refractivity contribution in [2.75, 3.05) is 19.7 Å². The maximum Gasteiger partial charge on any atom is 0.371 e. The van der Waals surface area contributed by atoms with Crippen LogP contribution in [0.15, 0.2) is 46.9 Å². The molecular weight excluding hydrogens is 364 g/mol. The van der Waals surface area contributed by atoms with E-state index in [-0.39, 0.29) is 36.6 Å². The van der Waals surface area contributed by atoms with Crippen LogP contribution in [0.4, 0.5) is 0 Å². The van der Waals surface area contributed by atoms with Crippen LogP contribution in [0.5, 0.6) is 5.75 Å². The second-order valence-electron chi connectivity index (χ2n) is 6.57. The van der Waals surface area contributed by atoms with Gasteiger partial charge in [-0.25, -0.2) is 4.79 Å². The van der Waals surface area contributed by atoms with Crippen LogP contribution in [-0.4, -0.2) is 47.5 Å². The van der Waals surface area contributed by atoms with Gasteiger partial charge in [0, 0.05) is 13.1 Å². The number of piperidine rings is 1. The average molecular weight is 386 g/mol. The number of benzene rings is 1. The van der Waals surface area contributed by atoms with Crippen LogP contribution in [0.2, 0.25) is 0 Å². The van der Waals surface area contributed by atoms with Gasteiger partial charge in [-0.2, -0.15) is 0 Å². The summed E-state index contributed by atoms with van der Waals surface area (Å²) in [4.78, 5) is 37.3. The Labute approximate surface area is 162 Å². The Morgan fingerprint density at radius 1 is 1.18 bits per heavy atom. The predicted molar refractivity (Wildman–Crippen MR) is 98.8 cm³/mol. The largest absolute Gasteiger partial charge is 0.484 e. The van der Waals surface area contributed by atoms with Crippen LogP contribution in [0.1, 0.15) is 29.2 Å². The van der Waals surface area contributed by atoms with Gasteiger partial charge >= 0.3 is 5.97 Å². The van der Waals surface area contributed by atoms with Crippen molar-refractivity contribution in [2.45, 2.75) is 19.4 Å². The molecule has 0 bridgehead atoms. The number of carbonyl (C=O) groups is 3. The highest BCUT2D eigenvalue weighted by Gasteiger charge is 2.28. The fourth-order valence-electron chi connectivity index (χ4n) is 3.08. The molecule has 0 spiro atoms. The number of rotatable bonds is 7. The summed E-state index contributed by atoms with van der Waals surface area (Å²) in [7, 11) is 0. The summed E-state index contributed by atoms with van der Waals surface area (Å²) >= 11 is 0. The van der Waals surface area contributed by atoms with Crippen molar-refractivity contribution in [3.05, 3.63) is 54.0 Å². The van der Waals surface area contributed by atoms with Crippen LogP contribution >= 0.6 is 0 Å². The van der Waals surface area contributed by atoms with E-state index in [9.17, 15) is 14.4 Å². The Morgan fingerprint density at radius 2 is 1.96 bits per heavy atom. The smallest absolute Gasteiger partial charge is 0.371 e. The number of carbonyl (C=O) groups excluding carboxylic acids is 2. The Bertz CT molecular complexity index is 832. The molecule has 0 aliphatic carbocycles. The highest BCUT2D eigenvalue weighted by atomic mass is 16.5. The summed E-state index contributed by atoms with van der Waals surface area (Å²) in [5.74, 6) is -0.988. The number of nitrogens with one attached hydrogen (secondary N) is 1. The number of likely N-dealkylation sites (tertiary alicyclic amines) is 1. The molecule has 1 unspecified atom stereocenters. The Morgan fingerprint density at radius 3 is 2.68 bits per heavy atom. The second kappa shape index (κ2) is 9.07. The fraction of sp³-hybridized carbons (Fsp3) is 0.350. The summed E-state index contributed by atoms with van der Waals surface area (Å²) in [5, 5.41) is 11.6. The van der Waals surface area contributed by atoms with E-state index >= 15 is 0 Å². The van der Waals surface area contributed by atoms with Crippen molar-refractivity contribution in [2.24, 2.45) is 5.92 Å². The van der Waals surface area contributed by atoms with Gasteiger partial charge in [-0.3, -0.25) is 9.59 Å². The molecule has 1 saturated heterocycles. The second-order valence-corrected chi connectivity index (χ2v) is 6.57. The number of aromatic carboxylic acids is 1. The minimum Gasteiger partial charge on any atom is -0.484 e. The molecule has 2 heterocycles. The van der Waals surface area contributed by atoms with Gasteiger partial charge < -0.3 is 24.5 Å². The molecule has 1 fully saturated rings. The number of carboxylic acid groups (broad SMARTS) is 1. The number of hydrogen-bond donors (Lipinski definition) is 2. The lowest BCUT2D eigenvalue weighted by Crippen LogP contribution is -2.46. The lowest BCUT2D eigenvalue weighted by molar-refractivity contribution is -0.137. The molecule has 2 aromatic rings. The molecule has 28 heavy (non-hydrogen) atoms. The third kappa shape index (κ3) is 5.12. The van der Waals surface area contributed by atoms with Gasteiger partial charge in [-0.05, 0) is 37.1 Å². The zero-order valence-electron chi connectivity index (χ0n) is 15.3. The first-order chi connectivity index (χ1) is 13.5. The maximum atomic E-state index is 12.4. The lowest BCUT2D eigenvalue weighted by atomic mass is 9.97. The number of furan rings is 1. The van der Waals surface area contributed by atoms with Crippen LogP contribution in [0.25, 0.3) is 0 Å². The van der Waals surface area contributed by atoms with Gasteiger partial charge in [0.1, 0.15) is 11.5 Å². The summed E-state index contributed by atoms with van der Waals surface area (Å²) in [5.41, 5.74) is 0. The predicted octanol–water partition coefficient (Wildman–Crippen LogP) is 1.91. The molecule has 1 aromatic carbocycles. The number of ether oxygens (including phenoxy) is 1. The topological polar surface area (TPSA) is 109 Å². The van der Waals surface area contributed by atoms with Crippen molar-refractivity contribution >= 4 is 17.8 Å². The molecule has 2 amide bonds. The zero-order chi connectivity index (χ0) is 19.9. The van der Waals surface area contributed by atoms with Gasteiger partial charge in [0.05, 0.1) is 12.5 Å². The molecule has 1 aliphatic heterocycles. The number of para-hydroxylation sites is 1. The van der Waals surface area contributed by atoms with Gasteiger partial charge in [0.25, 0.3) is 5.91 Å². The first kappa shape index (κ1) is 19.5. The molecule has 0 radical (unpaired) electrons. The molecule has 1 aliphatic rings. The van der Waals surface area contributed by atoms with Crippen molar-refractivity contribution in [3.63, 3.8) is 0 Å². The molecule has 1 atom stereocenters. The molecular formula is C20H22N2O6. The maximum absolute atomic E-state index is 12.4. The van der Waals surface area contributed by atoms with E-state index in [2.05, 4.69) is 5.32 Å². The first-order valence-electron chi connectivity index (χ1n) is 9.08. The third-order valence-electron chi connectivity index (χ3n) is 4.56. The number of hydrogen-bond acceptors (Lipinski definition) is 5. The van der Waals surface area contributed by atoms with E-state index in [0.29, 0.717) is 31.0 Å². The van der Waals surface area contributed by atoms with Crippen molar-refractivity contribution in [3.8, 4) is 5.75 Å². The molecule has 148 valence electrons. The molecule has 2 N–H and O–H groups in total. The molecule has 3 rings (SSSR count). The van der Waals surface area contributed by atoms with E-state index in [1.165, 1.54) is 12.1 Å². The molecule has 8 heteroatoms. The Balaban J connectivity index is 1.47. The minimum atomic E-state index is -1.16. The van der Waals surface area contributed by atoms with Gasteiger partial charge in [0.2, 0.25) is 11.7 Å². The standard InChI is InChI=1S/C20H22N2O6/c23-18(13-27-15-6-2-1-3-7-15)22-10-4-5-14(12-22)19(24)21-11-16-8-9-17(28-16)20(25)26/h1-3,6-9,14H,4-5,10-13H2,(H,21,24)(H,25,26). The zero-order valence-corrected chi connectivity index (χ0v) is 15.3. The quantitative estimate of drug-likeness (QED) is 0.752. The van der Waals surface area contributed by atoms with Crippen LogP contribution in [0, 0.1) is 5.92 Å². The normalized spacial score (nSPS) is 16.4. The van der Waals surface area contributed by atoms with Crippen LogP contribution in [-0.2, 0) is 16.1 Å². The third-order valence-corrected chi connectivity index (χ3v) is 4.56. The minimum absolute atomic E-state index is 0.0668. The lowest BCUT2D eigenvalue weighted by Gasteiger charge is -2.32. The SMILES string of the molecule is O=C(O)c1ccc(CNC(=O)C2CCCN(C(=O)COc3ccccc3)C2)o1. The molecule has 0 saturated carbocycles. The summed E-state index contributed by atoms with van der Waals surface area (Å²) in [6, 6.07) is 12.0. The van der Waals surface area contributed by atoms with E-state index in [0.717, 1.165) is 6.42 Å². The Kier molecular flexibility index (Phi) is 6.31. The monoisotopic (exact) mass is 386 g/mol. The number of nitrogens with zero attached hydrogens (tertiary/aromatic N) is 1. The van der Waals surface area contributed by atoms with Crippen LogP contribution < -0.4 is 10.1 Å². The van der Waals surface area contributed by atoms with Crippen molar-refractivity contribution in [1.29, 1.82) is 0 Å². The molecule has 8 nitrogen and oxygen atoms in total. The van der Waals surface area contributed by atoms with Gasteiger partial charge in [-0.1, -0.05) is 18.2 Å². The first-order valence-corrected chi connectivity index (χ1v) is 9.08. The van der Waals surface area contributed by atoms with Gasteiger partial charge in [-0.15, -0.1) is 0 Å². The van der Waals surface area contributed by atoms with Gasteiger partial charge in [0.15, 0.2) is 6.61 Å². The summed E-state index contributed by atoms with van der Waals surface area (Å²) < 4.78 is 10.6. The Hall–Kier alpha value is -3.29. The van der Waals surface area contributed by atoms with E-state index in [1.54, 1.807) is 17.0 Å². The average Bonchev–Trinajstić information content (AvgIpc) is 3.20. The van der Waals surface area contributed by atoms with Crippen molar-refractivity contribution < 1.29 is 28.6 Å². The highest BCUT2D eigenvalue weighted by molar-refractivity contribution is 5.84. The van der Waals surface area contributed by atoms with E-state index < -0.39 is 5.97 Å². The summed E-state index contributed by atoms with van der Waals surface area (Å²) in [6.45, 7) is 0.971. The number of amides is 2. The molecule has 1 aromatic heterocycles. The summed E-state index contributed by atoms with van der Waals surface area (Å²) in [6.07, 6.45) is 1.42. The number of carboxylic acids is 1. The fourth-order valence-corrected chi connectivity index (χ4v) is 3.08. The van der Waals surface area contributed by atoms with E-state index in [4.69, 9.17) is 14.3 Å². The highest BCUT2D eigenvalue weighted by Crippen LogP contribution is 2.18.